The van der Waals surface area contributed by atoms with Crippen LogP contribution in [0.25, 0.3) is 0 Å². The summed E-state index contributed by atoms with van der Waals surface area (Å²) in [6.07, 6.45) is 0. The summed E-state index contributed by atoms with van der Waals surface area (Å²) in [4.78, 5) is 2.77. The Morgan fingerprint density at radius 3 is 2.88 bits per heavy atom. The Morgan fingerprint density at radius 2 is 2.31 bits per heavy atom. The lowest BCUT2D eigenvalue weighted by Crippen LogP contribution is -2.59. The largest absolute Gasteiger partial charge is 0.371 e. The Bertz CT molecular complexity index is 334. The van der Waals surface area contributed by atoms with Crippen molar-refractivity contribution >= 4 is 11.3 Å². The molecule has 4 heteroatoms. The number of hydrogen-bond donors (Lipinski definition) is 2. The molecule has 3 nitrogen and oxygen atoms in total. The van der Waals surface area contributed by atoms with Crippen molar-refractivity contribution in [3.63, 3.8) is 0 Å². The quantitative estimate of drug-likeness (QED) is 0.740. The first-order valence-corrected chi connectivity index (χ1v) is 6.60. The highest BCUT2D eigenvalue weighted by Gasteiger charge is 2.31. The molecule has 1 aliphatic rings. The van der Waals surface area contributed by atoms with E-state index in [9.17, 15) is 0 Å². The highest BCUT2D eigenvalue weighted by atomic mass is 32.1. The fraction of sp³-hybridized carbons (Fsp3) is 0.667. The number of rotatable bonds is 6. The standard InChI is InChI=1S/C12H20N2OS/c1-10-3-4-11(16-10)7-13-5-6-15-12(2)8-14-9-12/h3-4,13-14H,5-9H2,1-2H3. The van der Waals surface area contributed by atoms with Gasteiger partial charge in [-0.05, 0) is 26.0 Å². The van der Waals surface area contributed by atoms with Gasteiger partial charge in [0.25, 0.3) is 0 Å². The van der Waals surface area contributed by atoms with Gasteiger partial charge < -0.3 is 15.4 Å². The van der Waals surface area contributed by atoms with Crippen LogP contribution in [0.3, 0.4) is 0 Å². The topological polar surface area (TPSA) is 33.3 Å². The van der Waals surface area contributed by atoms with E-state index in [2.05, 4.69) is 36.6 Å². The zero-order valence-electron chi connectivity index (χ0n) is 10.0. The lowest BCUT2D eigenvalue weighted by Gasteiger charge is -2.39. The minimum atomic E-state index is 0.0845. The van der Waals surface area contributed by atoms with Crippen molar-refractivity contribution in [2.75, 3.05) is 26.2 Å². The minimum absolute atomic E-state index is 0.0845. The normalized spacial score (nSPS) is 18.4. The molecule has 0 bridgehead atoms. The molecule has 0 saturated carbocycles. The van der Waals surface area contributed by atoms with E-state index in [1.165, 1.54) is 9.75 Å². The molecule has 2 heterocycles. The summed E-state index contributed by atoms with van der Waals surface area (Å²) in [5, 5.41) is 6.63. The second-order valence-corrected chi connectivity index (χ2v) is 5.96. The molecule has 1 saturated heterocycles. The fourth-order valence-electron chi connectivity index (χ4n) is 1.74. The molecule has 1 aromatic heterocycles. The van der Waals surface area contributed by atoms with Gasteiger partial charge in [0, 0.05) is 35.9 Å². The Hall–Kier alpha value is -0.420. The van der Waals surface area contributed by atoms with Crippen molar-refractivity contribution in [2.24, 2.45) is 0 Å². The van der Waals surface area contributed by atoms with Gasteiger partial charge in [-0.15, -0.1) is 11.3 Å². The van der Waals surface area contributed by atoms with Crippen LogP contribution >= 0.6 is 11.3 Å². The molecule has 0 spiro atoms. The number of nitrogens with one attached hydrogen (secondary N) is 2. The lowest BCUT2D eigenvalue weighted by molar-refractivity contribution is -0.0648. The SMILES string of the molecule is Cc1ccc(CNCCOC2(C)CNC2)s1. The maximum absolute atomic E-state index is 5.79. The third-order valence-electron chi connectivity index (χ3n) is 2.82. The van der Waals surface area contributed by atoms with Crippen molar-refractivity contribution < 1.29 is 4.74 Å². The van der Waals surface area contributed by atoms with Gasteiger partial charge in [0.05, 0.1) is 12.2 Å². The van der Waals surface area contributed by atoms with Crippen molar-refractivity contribution in [3.05, 3.63) is 21.9 Å². The molecule has 1 aromatic rings. The number of hydrogen-bond acceptors (Lipinski definition) is 4. The van der Waals surface area contributed by atoms with Crippen molar-refractivity contribution in [3.8, 4) is 0 Å². The molecule has 0 amide bonds. The molecule has 1 fully saturated rings. The van der Waals surface area contributed by atoms with Crippen molar-refractivity contribution in [1.82, 2.24) is 10.6 Å². The van der Waals surface area contributed by atoms with E-state index >= 15 is 0 Å². The molecule has 90 valence electrons. The van der Waals surface area contributed by atoms with Crippen LogP contribution in [0.15, 0.2) is 12.1 Å². The summed E-state index contributed by atoms with van der Waals surface area (Å²) in [5.41, 5.74) is 0.0845. The van der Waals surface area contributed by atoms with Crippen LogP contribution in [0.2, 0.25) is 0 Å². The van der Waals surface area contributed by atoms with Gasteiger partial charge in [-0.1, -0.05) is 0 Å². The molecule has 0 atom stereocenters. The van der Waals surface area contributed by atoms with E-state index in [0.717, 1.165) is 32.8 Å². The summed E-state index contributed by atoms with van der Waals surface area (Å²) in [5.74, 6) is 0. The Labute approximate surface area is 101 Å². The minimum Gasteiger partial charge on any atom is -0.371 e. The smallest absolute Gasteiger partial charge is 0.0902 e. The summed E-state index contributed by atoms with van der Waals surface area (Å²) < 4.78 is 5.79. The van der Waals surface area contributed by atoms with Crippen LogP contribution in [0.5, 0.6) is 0 Å². The first-order chi connectivity index (χ1) is 7.68. The second kappa shape index (κ2) is 5.27. The van der Waals surface area contributed by atoms with Crippen LogP contribution in [-0.4, -0.2) is 31.8 Å². The zero-order chi connectivity index (χ0) is 11.4. The number of ether oxygens (including phenoxy) is 1. The monoisotopic (exact) mass is 240 g/mol. The third-order valence-corrected chi connectivity index (χ3v) is 3.82. The van der Waals surface area contributed by atoms with E-state index in [1.807, 2.05) is 11.3 Å². The summed E-state index contributed by atoms with van der Waals surface area (Å²) in [6, 6.07) is 4.35. The van der Waals surface area contributed by atoms with Crippen LogP contribution in [0.4, 0.5) is 0 Å². The summed E-state index contributed by atoms with van der Waals surface area (Å²) >= 11 is 1.85. The second-order valence-electron chi connectivity index (χ2n) is 4.59. The first kappa shape index (κ1) is 12.0. The van der Waals surface area contributed by atoms with Crippen LogP contribution < -0.4 is 10.6 Å². The van der Waals surface area contributed by atoms with Gasteiger partial charge in [-0.2, -0.15) is 0 Å². The molecule has 16 heavy (non-hydrogen) atoms. The molecule has 2 N–H and O–H groups in total. The molecular formula is C12H20N2OS. The average Bonchev–Trinajstić information content (AvgIpc) is 2.61. The molecule has 2 rings (SSSR count). The maximum Gasteiger partial charge on any atom is 0.0902 e. The molecule has 0 aromatic carbocycles. The molecule has 0 radical (unpaired) electrons. The molecule has 1 aliphatic heterocycles. The van der Waals surface area contributed by atoms with Gasteiger partial charge in [0.2, 0.25) is 0 Å². The highest BCUT2D eigenvalue weighted by molar-refractivity contribution is 7.11. The van der Waals surface area contributed by atoms with E-state index in [4.69, 9.17) is 4.74 Å². The van der Waals surface area contributed by atoms with Crippen LogP contribution in [-0.2, 0) is 11.3 Å². The Morgan fingerprint density at radius 1 is 1.50 bits per heavy atom. The Balaban J connectivity index is 1.55. The number of aryl methyl sites for hydroxylation is 1. The van der Waals surface area contributed by atoms with Gasteiger partial charge >= 0.3 is 0 Å². The van der Waals surface area contributed by atoms with Crippen LogP contribution in [0.1, 0.15) is 16.7 Å². The summed E-state index contributed by atoms with van der Waals surface area (Å²) in [6.45, 7) is 8.94. The first-order valence-electron chi connectivity index (χ1n) is 5.79. The average molecular weight is 240 g/mol. The van der Waals surface area contributed by atoms with E-state index in [0.29, 0.717) is 0 Å². The fourth-order valence-corrected chi connectivity index (χ4v) is 2.60. The van der Waals surface area contributed by atoms with Gasteiger partial charge in [-0.25, -0.2) is 0 Å². The highest BCUT2D eigenvalue weighted by Crippen LogP contribution is 2.15. The summed E-state index contributed by atoms with van der Waals surface area (Å²) in [7, 11) is 0. The lowest BCUT2D eigenvalue weighted by atomic mass is 10.0. The molecule has 0 aliphatic carbocycles. The third kappa shape index (κ3) is 3.28. The van der Waals surface area contributed by atoms with Gasteiger partial charge in [0.1, 0.15) is 0 Å². The van der Waals surface area contributed by atoms with E-state index < -0.39 is 0 Å². The predicted octanol–water partition coefficient (Wildman–Crippen LogP) is 1.52. The predicted molar refractivity (Wildman–Crippen MR) is 68.0 cm³/mol. The molecule has 0 unspecified atom stereocenters. The van der Waals surface area contributed by atoms with Crippen molar-refractivity contribution in [1.29, 1.82) is 0 Å². The Kier molecular flexibility index (Phi) is 3.97. The zero-order valence-corrected chi connectivity index (χ0v) is 10.8. The van der Waals surface area contributed by atoms with E-state index in [1.54, 1.807) is 0 Å². The molecular weight excluding hydrogens is 220 g/mol. The van der Waals surface area contributed by atoms with E-state index in [-0.39, 0.29) is 5.60 Å². The maximum atomic E-state index is 5.79. The number of thiophene rings is 1. The van der Waals surface area contributed by atoms with Gasteiger partial charge in [0.15, 0.2) is 0 Å². The van der Waals surface area contributed by atoms with Crippen molar-refractivity contribution in [2.45, 2.75) is 26.0 Å². The van der Waals surface area contributed by atoms with Gasteiger partial charge in [-0.3, -0.25) is 0 Å². The van der Waals surface area contributed by atoms with Crippen LogP contribution in [0, 0.1) is 6.92 Å².